The molecule has 2 aliphatic carbocycles. The van der Waals surface area contributed by atoms with E-state index in [9.17, 15) is 9.59 Å². The Hall–Kier alpha value is -1.06. The van der Waals surface area contributed by atoms with Crippen LogP contribution in [0.5, 0.6) is 0 Å². The lowest BCUT2D eigenvalue weighted by Gasteiger charge is -2.60. The second-order valence-corrected chi connectivity index (χ2v) is 8.11. The summed E-state index contributed by atoms with van der Waals surface area (Å²) in [4.78, 5) is 24.3. The van der Waals surface area contributed by atoms with Gasteiger partial charge in [-0.05, 0) is 32.6 Å². The van der Waals surface area contributed by atoms with E-state index in [4.69, 9.17) is 9.47 Å². The standard InChI is InChI=1S/C17H24O4/c1-10-9-11-13-15(2,14(19)20-11)6-4-7-16(13,3)17(10)8-5-12(18)21-17/h10-11,13H,4-9H2,1-3H3/t10-,11-,13?,15+,16+,17-/m1/s1. The molecule has 4 rings (SSSR count). The van der Waals surface area contributed by atoms with Crippen molar-refractivity contribution in [2.75, 3.05) is 0 Å². The van der Waals surface area contributed by atoms with E-state index in [1.807, 2.05) is 0 Å². The van der Waals surface area contributed by atoms with Crippen LogP contribution in [0.25, 0.3) is 0 Å². The molecule has 4 heteroatoms. The number of rotatable bonds is 0. The molecule has 4 aliphatic rings. The molecule has 0 aromatic carbocycles. The highest BCUT2D eigenvalue weighted by atomic mass is 16.6. The SMILES string of the molecule is C[C@@H]1C[C@H]2OC(=O)[C@@]3(C)CCC[C@@](C)(C23)[C@@]12CCC(=O)O2. The first-order chi connectivity index (χ1) is 9.83. The van der Waals surface area contributed by atoms with E-state index >= 15 is 0 Å². The van der Waals surface area contributed by atoms with Crippen molar-refractivity contribution in [1.29, 1.82) is 0 Å². The fraction of sp³-hybridized carbons (Fsp3) is 0.882. The molecule has 2 saturated carbocycles. The van der Waals surface area contributed by atoms with Crippen LogP contribution in [0, 0.1) is 22.7 Å². The molecule has 2 heterocycles. The summed E-state index contributed by atoms with van der Waals surface area (Å²) in [5, 5.41) is 0. The zero-order valence-corrected chi connectivity index (χ0v) is 13.1. The molecule has 21 heavy (non-hydrogen) atoms. The van der Waals surface area contributed by atoms with Gasteiger partial charge in [-0.1, -0.05) is 20.3 Å². The van der Waals surface area contributed by atoms with Crippen molar-refractivity contribution in [2.45, 2.75) is 71.0 Å². The highest BCUT2D eigenvalue weighted by Gasteiger charge is 2.73. The average Bonchev–Trinajstić information content (AvgIpc) is 2.90. The second kappa shape index (κ2) is 3.82. The van der Waals surface area contributed by atoms with Crippen molar-refractivity contribution < 1.29 is 19.1 Å². The summed E-state index contributed by atoms with van der Waals surface area (Å²) in [5.74, 6) is 0.341. The van der Waals surface area contributed by atoms with Crippen molar-refractivity contribution in [3.8, 4) is 0 Å². The normalized spacial score (nSPS) is 55.3. The van der Waals surface area contributed by atoms with E-state index in [1.54, 1.807) is 0 Å². The van der Waals surface area contributed by atoms with Gasteiger partial charge in [0.05, 0.1) is 5.41 Å². The molecule has 0 amide bonds. The number of hydrogen-bond acceptors (Lipinski definition) is 4. The number of carbonyl (C=O) groups is 2. The lowest BCUT2D eigenvalue weighted by atomic mass is 9.44. The molecule has 4 fully saturated rings. The van der Waals surface area contributed by atoms with Gasteiger partial charge in [-0.15, -0.1) is 0 Å². The molecule has 0 radical (unpaired) electrons. The van der Waals surface area contributed by atoms with Crippen LogP contribution in [-0.4, -0.2) is 23.6 Å². The summed E-state index contributed by atoms with van der Waals surface area (Å²) in [7, 11) is 0. The molecule has 116 valence electrons. The highest BCUT2D eigenvalue weighted by Crippen LogP contribution is 2.68. The van der Waals surface area contributed by atoms with Gasteiger partial charge in [0.25, 0.3) is 0 Å². The summed E-state index contributed by atoms with van der Waals surface area (Å²) < 4.78 is 11.7. The molecule has 1 spiro atoms. The third-order valence-corrected chi connectivity index (χ3v) is 7.21. The predicted molar refractivity (Wildman–Crippen MR) is 75.3 cm³/mol. The van der Waals surface area contributed by atoms with Gasteiger partial charge in [0, 0.05) is 23.7 Å². The van der Waals surface area contributed by atoms with Gasteiger partial charge >= 0.3 is 11.9 Å². The van der Waals surface area contributed by atoms with E-state index in [2.05, 4.69) is 20.8 Å². The molecular formula is C17H24O4. The van der Waals surface area contributed by atoms with Gasteiger partial charge in [0.15, 0.2) is 0 Å². The van der Waals surface area contributed by atoms with Gasteiger partial charge in [-0.25, -0.2) is 0 Å². The Morgan fingerprint density at radius 3 is 2.57 bits per heavy atom. The monoisotopic (exact) mass is 292 g/mol. The summed E-state index contributed by atoms with van der Waals surface area (Å²) >= 11 is 0. The number of hydrogen-bond donors (Lipinski definition) is 0. The molecule has 4 nitrogen and oxygen atoms in total. The highest BCUT2D eigenvalue weighted by molar-refractivity contribution is 5.80. The lowest BCUT2D eigenvalue weighted by Crippen LogP contribution is -2.64. The number of esters is 2. The third kappa shape index (κ3) is 1.37. The van der Waals surface area contributed by atoms with Crippen LogP contribution in [0.3, 0.4) is 0 Å². The van der Waals surface area contributed by atoms with Gasteiger partial charge in [0.2, 0.25) is 0 Å². The minimum Gasteiger partial charge on any atom is -0.462 e. The minimum absolute atomic E-state index is 0.00715. The Bertz CT molecular complexity index is 529. The lowest BCUT2D eigenvalue weighted by molar-refractivity contribution is -0.219. The summed E-state index contributed by atoms with van der Waals surface area (Å²) in [6, 6.07) is 0. The molecule has 0 bridgehead atoms. The number of ether oxygens (including phenoxy) is 2. The van der Waals surface area contributed by atoms with Crippen LogP contribution < -0.4 is 0 Å². The molecule has 6 atom stereocenters. The maximum atomic E-state index is 12.5. The fourth-order valence-electron chi connectivity index (χ4n) is 6.33. The predicted octanol–water partition coefficient (Wildman–Crippen LogP) is 2.84. The quantitative estimate of drug-likeness (QED) is 0.644. The zero-order valence-electron chi connectivity index (χ0n) is 13.1. The van der Waals surface area contributed by atoms with Gasteiger partial charge < -0.3 is 9.47 Å². The first-order valence-electron chi connectivity index (χ1n) is 8.26. The average molecular weight is 292 g/mol. The Morgan fingerprint density at radius 2 is 1.90 bits per heavy atom. The third-order valence-electron chi connectivity index (χ3n) is 7.21. The maximum absolute atomic E-state index is 12.5. The van der Waals surface area contributed by atoms with Crippen molar-refractivity contribution >= 4 is 11.9 Å². The van der Waals surface area contributed by atoms with Crippen LogP contribution in [-0.2, 0) is 19.1 Å². The minimum atomic E-state index is -0.389. The van der Waals surface area contributed by atoms with E-state index in [0.717, 1.165) is 32.1 Å². The molecule has 1 unspecified atom stereocenters. The fourth-order valence-corrected chi connectivity index (χ4v) is 6.33. The number of fused-ring (bicyclic) bond motifs is 1. The zero-order chi connectivity index (χ0) is 15.0. The summed E-state index contributed by atoms with van der Waals surface area (Å²) in [6.07, 6.45) is 5.10. The summed E-state index contributed by atoms with van der Waals surface area (Å²) in [6.45, 7) is 6.48. The van der Waals surface area contributed by atoms with E-state index in [1.165, 1.54) is 0 Å². The Balaban J connectivity index is 1.86. The van der Waals surface area contributed by atoms with E-state index in [-0.39, 0.29) is 46.3 Å². The van der Waals surface area contributed by atoms with Gasteiger partial charge in [-0.2, -0.15) is 0 Å². The van der Waals surface area contributed by atoms with Crippen LogP contribution >= 0.6 is 0 Å². The smallest absolute Gasteiger partial charge is 0.312 e. The molecular weight excluding hydrogens is 268 g/mol. The van der Waals surface area contributed by atoms with Crippen LogP contribution in [0.1, 0.15) is 59.3 Å². The van der Waals surface area contributed by atoms with Crippen LogP contribution in [0.15, 0.2) is 0 Å². The Kier molecular flexibility index (Phi) is 2.47. The topological polar surface area (TPSA) is 52.6 Å². The largest absolute Gasteiger partial charge is 0.462 e. The van der Waals surface area contributed by atoms with Crippen LogP contribution in [0.4, 0.5) is 0 Å². The Labute approximate surface area is 125 Å². The molecule has 0 aromatic heterocycles. The van der Waals surface area contributed by atoms with E-state index < -0.39 is 0 Å². The summed E-state index contributed by atoms with van der Waals surface area (Å²) in [5.41, 5.74) is -0.915. The first-order valence-corrected chi connectivity index (χ1v) is 8.26. The van der Waals surface area contributed by atoms with Crippen molar-refractivity contribution in [3.63, 3.8) is 0 Å². The van der Waals surface area contributed by atoms with Crippen molar-refractivity contribution in [1.82, 2.24) is 0 Å². The van der Waals surface area contributed by atoms with Gasteiger partial charge in [-0.3, -0.25) is 9.59 Å². The molecule has 2 saturated heterocycles. The number of carbonyl (C=O) groups excluding carboxylic acids is 2. The van der Waals surface area contributed by atoms with Gasteiger partial charge in [0.1, 0.15) is 11.7 Å². The molecule has 0 aromatic rings. The molecule has 0 N–H and O–H groups in total. The van der Waals surface area contributed by atoms with E-state index in [0.29, 0.717) is 6.42 Å². The maximum Gasteiger partial charge on any atom is 0.312 e. The van der Waals surface area contributed by atoms with Crippen molar-refractivity contribution in [3.05, 3.63) is 0 Å². The van der Waals surface area contributed by atoms with Crippen LogP contribution in [0.2, 0.25) is 0 Å². The molecule has 2 aliphatic heterocycles. The Morgan fingerprint density at radius 1 is 1.14 bits per heavy atom. The van der Waals surface area contributed by atoms with Crippen molar-refractivity contribution in [2.24, 2.45) is 22.7 Å². The first kappa shape index (κ1) is 13.6. The second-order valence-electron chi connectivity index (χ2n) is 8.11.